The Kier molecular flexibility index (Phi) is 5.00. The number of nitrogens with zero attached hydrogens (tertiary/aromatic N) is 4. The fourth-order valence-corrected chi connectivity index (χ4v) is 4.51. The first-order chi connectivity index (χ1) is 14.4. The number of non-ortho nitro benzene ring substituents is 1. The van der Waals surface area contributed by atoms with Crippen molar-refractivity contribution >= 4 is 28.2 Å². The Morgan fingerprint density at radius 2 is 1.87 bits per heavy atom. The summed E-state index contributed by atoms with van der Waals surface area (Å²) in [6.07, 6.45) is 2.62. The summed E-state index contributed by atoms with van der Waals surface area (Å²) in [5, 5.41) is 21.5. The van der Waals surface area contributed by atoms with E-state index in [0.717, 1.165) is 19.5 Å². The number of nitro benzene ring substituents is 1. The van der Waals surface area contributed by atoms with Crippen LogP contribution >= 0.6 is 0 Å². The summed E-state index contributed by atoms with van der Waals surface area (Å²) < 4.78 is 1.42. The molecule has 1 aliphatic rings. The number of hydrogen-bond acceptors (Lipinski definition) is 5. The van der Waals surface area contributed by atoms with Gasteiger partial charge in [-0.05, 0) is 30.4 Å². The van der Waals surface area contributed by atoms with Crippen molar-refractivity contribution in [1.82, 2.24) is 4.57 Å². The number of benzene rings is 2. The molecule has 4 rings (SSSR count). The average Bonchev–Trinajstić information content (AvgIpc) is 3.11. The Labute approximate surface area is 174 Å². The smallest absolute Gasteiger partial charge is 0.270 e. The molecule has 0 unspecified atom stereocenters. The number of fused-ring (bicyclic) bond motifs is 1. The third-order valence-electron chi connectivity index (χ3n) is 5.68. The Bertz CT molecular complexity index is 1180. The number of para-hydroxylation sites is 1. The SMILES string of the molecule is C[C@H]1C[C@H](C)CN(c2ccc([N+](=O)[O-])cc2C(=O)n2cc(C#N)c3ccccc32)C1. The van der Waals surface area contributed by atoms with E-state index in [1.54, 1.807) is 24.3 Å². The number of carbonyl (C=O) groups is 1. The first kappa shape index (κ1) is 19.6. The highest BCUT2D eigenvalue weighted by Crippen LogP contribution is 2.32. The Hall–Kier alpha value is -3.66. The molecule has 0 N–H and O–H groups in total. The largest absolute Gasteiger partial charge is 0.370 e. The van der Waals surface area contributed by atoms with Crippen LogP contribution in [-0.2, 0) is 0 Å². The van der Waals surface area contributed by atoms with E-state index in [0.29, 0.717) is 34.0 Å². The number of aromatic nitrogens is 1. The normalized spacial score (nSPS) is 18.9. The Morgan fingerprint density at radius 3 is 2.53 bits per heavy atom. The molecule has 2 atom stereocenters. The van der Waals surface area contributed by atoms with Gasteiger partial charge in [0.2, 0.25) is 0 Å². The summed E-state index contributed by atoms with van der Waals surface area (Å²) in [6.45, 7) is 5.93. The third kappa shape index (κ3) is 3.41. The second-order valence-electron chi connectivity index (χ2n) is 8.16. The fourth-order valence-electron chi connectivity index (χ4n) is 4.51. The molecule has 1 aliphatic heterocycles. The van der Waals surface area contributed by atoms with Gasteiger partial charge in [-0.25, -0.2) is 0 Å². The monoisotopic (exact) mass is 402 g/mol. The molecule has 1 saturated heterocycles. The van der Waals surface area contributed by atoms with Crippen LogP contribution in [0, 0.1) is 33.3 Å². The van der Waals surface area contributed by atoms with Crippen molar-refractivity contribution in [2.75, 3.05) is 18.0 Å². The molecule has 30 heavy (non-hydrogen) atoms. The number of anilines is 1. The zero-order valence-electron chi connectivity index (χ0n) is 16.9. The minimum Gasteiger partial charge on any atom is -0.370 e. The molecule has 0 spiro atoms. The van der Waals surface area contributed by atoms with Gasteiger partial charge in [-0.3, -0.25) is 19.5 Å². The van der Waals surface area contributed by atoms with Crippen molar-refractivity contribution in [1.29, 1.82) is 5.26 Å². The number of nitriles is 1. The minimum absolute atomic E-state index is 0.128. The van der Waals surface area contributed by atoms with Crippen LogP contribution in [0.2, 0.25) is 0 Å². The second-order valence-corrected chi connectivity index (χ2v) is 8.16. The number of carbonyl (C=O) groups excluding carboxylic acids is 1. The quantitative estimate of drug-likeness (QED) is 0.472. The second kappa shape index (κ2) is 7.64. The number of hydrogen-bond donors (Lipinski definition) is 0. The van der Waals surface area contributed by atoms with E-state index in [4.69, 9.17) is 0 Å². The summed E-state index contributed by atoms with van der Waals surface area (Å²) in [5.41, 5.74) is 1.84. The van der Waals surface area contributed by atoms with Gasteiger partial charge < -0.3 is 4.90 Å². The summed E-state index contributed by atoms with van der Waals surface area (Å²) in [7, 11) is 0. The Balaban J connectivity index is 1.87. The summed E-state index contributed by atoms with van der Waals surface area (Å²) in [5.74, 6) is 0.547. The summed E-state index contributed by atoms with van der Waals surface area (Å²) in [6, 6.07) is 13.8. The van der Waals surface area contributed by atoms with Crippen LogP contribution in [0.4, 0.5) is 11.4 Å². The highest BCUT2D eigenvalue weighted by atomic mass is 16.6. The van der Waals surface area contributed by atoms with E-state index in [2.05, 4.69) is 24.8 Å². The molecule has 7 heteroatoms. The van der Waals surface area contributed by atoms with E-state index >= 15 is 0 Å². The topological polar surface area (TPSA) is 92.2 Å². The van der Waals surface area contributed by atoms with Gasteiger partial charge in [-0.15, -0.1) is 0 Å². The molecule has 3 aromatic rings. The van der Waals surface area contributed by atoms with E-state index in [-0.39, 0.29) is 17.2 Å². The zero-order chi connectivity index (χ0) is 21.4. The lowest BCUT2D eigenvalue weighted by molar-refractivity contribution is -0.384. The van der Waals surface area contributed by atoms with Gasteiger partial charge in [0.05, 0.1) is 27.3 Å². The van der Waals surface area contributed by atoms with E-state index in [1.807, 2.05) is 6.07 Å². The third-order valence-corrected chi connectivity index (χ3v) is 5.68. The maximum Gasteiger partial charge on any atom is 0.270 e. The van der Waals surface area contributed by atoms with Crippen LogP contribution in [0.5, 0.6) is 0 Å². The lowest BCUT2D eigenvalue weighted by atomic mass is 9.91. The van der Waals surface area contributed by atoms with Gasteiger partial charge in [0.15, 0.2) is 0 Å². The lowest BCUT2D eigenvalue weighted by Crippen LogP contribution is -2.39. The Morgan fingerprint density at radius 1 is 1.17 bits per heavy atom. The van der Waals surface area contributed by atoms with Gasteiger partial charge in [-0.2, -0.15) is 5.26 Å². The van der Waals surface area contributed by atoms with Gasteiger partial charge in [-0.1, -0.05) is 32.0 Å². The molecule has 0 amide bonds. The molecule has 152 valence electrons. The molecule has 1 fully saturated rings. The molecule has 7 nitrogen and oxygen atoms in total. The molecular formula is C23H22N4O3. The molecule has 1 aromatic heterocycles. The maximum absolute atomic E-state index is 13.6. The average molecular weight is 402 g/mol. The lowest BCUT2D eigenvalue weighted by Gasteiger charge is -2.37. The molecule has 0 aliphatic carbocycles. The van der Waals surface area contributed by atoms with Gasteiger partial charge in [0.25, 0.3) is 11.6 Å². The molecule has 2 aromatic carbocycles. The highest BCUT2D eigenvalue weighted by Gasteiger charge is 2.28. The van der Waals surface area contributed by atoms with Crippen LogP contribution in [0.1, 0.15) is 36.2 Å². The van der Waals surface area contributed by atoms with Crippen molar-refractivity contribution in [3.63, 3.8) is 0 Å². The van der Waals surface area contributed by atoms with Gasteiger partial charge >= 0.3 is 0 Å². The standard InChI is InChI=1S/C23H22N4O3/c1-15-9-16(2)13-25(12-15)21-8-7-18(27(29)30)10-20(21)23(28)26-14-17(11-24)19-5-3-4-6-22(19)26/h3-8,10,14-16H,9,12-13H2,1-2H3/t15-,16-/m0/s1. The summed E-state index contributed by atoms with van der Waals surface area (Å²) >= 11 is 0. The number of rotatable bonds is 3. The number of piperidine rings is 1. The van der Waals surface area contributed by atoms with Crippen LogP contribution in [-0.4, -0.2) is 28.5 Å². The van der Waals surface area contributed by atoms with E-state index in [9.17, 15) is 20.2 Å². The van der Waals surface area contributed by atoms with Crippen LogP contribution in [0.15, 0.2) is 48.7 Å². The van der Waals surface area contributed by atoms with E-state index < -0.39 is 4.92 Å². The maximum atomic E-state index is 13.6. The number of nitro groups is 1. The van der Waals surface area contributed by atoms with Gasteiger partial charge in [0, 0.05) is 36.8 Å². The van der Waals surface area contributed by atoms with Crippen LogP contribution in [0.25, 0.3) is 10.9 Å². The summed E-state index contributed by atoms with van der Waals surface area (Å²) in [4.78, 5) is 26.6. The van der Waals surface area contributed by atoms with Crippen molar-refractivity contribution in [3.8, 4) is 6.07 Å². The predicted molar refractivity (Wildman–Crippen MR) is 115 cm³/mol. The van der Waals surface area contributed by atoms with Crippen LogP contribution < -0.4 is 4.90 Å². The van der Waals surface area contributed by atoms with Crippen molar-refractivity contribution in [2.24, 2.45) is 11.8 Å². The first-order valence-corrected chi connectivity index (χ1v) is 9.97. The van der Waals surface area contributed by atoms with Crippen molar-refractivity contribution < 1.29 is 9.72 Å². The molecule has 2 heterocycles. The molecule has 0 bridgehead atoms. The van der Waals surface area contributed by atoms with Crippen molar-refractivity contribution in [2.45, 2.75) is 20.3 Å². The van der Waals surface area contributed by atoms with Gasteiger partial charge in [0.1, 0.15) is 6.07 Å². The molecule has 0 radical (unpaired) electrons. The van der Waals surface area contributed by atoms with Crippen molar-refractivity contribution in [3.05, 3.63) is 69.9 Å². The first-order valence-electron chi connectivity index (χ1n) is 9.97. The van der Waals surface area contributed by atoms with E-state index in [1.165, 1.54) is 22.9 Å². The highest BCUT2D eigenvalue weighted by molar-refractivity contribution is 6.07. The zero-order valence-corrected chi connectivity index (χ0v) is 16.9. The fraction of sp³-hybridized carbons (Fsp3) is 0.304. The van der Waals surface area contributed by atoms with Crippen LogP contribution in [0.3, 0.4) is 0 Å². The molecular weight excluding hydrogens is 380 g/mol. The molecule has 0 saturated carbocycles. The minimum atomic E-state index is -0.490. The predicted octanol–water partition coefficient (Wildman–Crippen LogP) is 4.59.